The van der Waals surface area contributed by atoms with Crippen LogP contribution in [0.2, 0.25) is 0 Å². The molecule has 2 heterocycles. The molecular formula is C11H17NNaO9S+. The van der Waals surface area contributed by atoms with E-state index in [0.29, 0.717) is 25.2 Å². The molecule has 0 aliphatic carbocycles. The van der Waals surface area contributed by atoms with Gasteiger partial charge < -0.3 is 19.9 Å². The van der Waals surface area contributed by atoms with Crippen LogP contribution in [0.4, 0.5) is 0 Å². The standard InChI is InChI=1S/C6H9NO2.C5H6O3.Na.H2O4S/c1-7-4-5-2-3-9-6(5)8;6-3-4-1-2-8-5(4)7;;1-5(2,3)4/h4,7H,2-3H2,1H3;3,6H,1-2H2;;(H2,1,2,3,4)/q;;+1;/b5-4+;4-3+;;. The van der Waals surface area contributed by atoms with Crippen molar-refractivity contribution in [2.75, 3.05) is 20.3 Å². The van der Waals surface area contributed by atoms with Gasteiger partial charge in [-0.1, -0.05) is 0 Å². The SMILES string of the molecule is CN/C=C1\CCOC1=O.O=C1OCC/C1=C\O.O=S(=O)(O)O.[Na+]. The summed E-state index contributed by atoms with van der Waals surface area (Å²) in [7, 11) is -2.90. The van der Waals surface area contributed by atoms with Gasteiger partial charge in [0.15, 0.2) is 0 Å². The maximum absolute atomic E-state index is 10.6. The molecule has 23 heavy (non-hydrogen) atoms. The summed E-state index contributed by atoms with van der Waals surface area (Å²) < 4.78 is 40.7. The van der Waals surface area contributed by atoms with E-state index in [1.165, 1.54) is 0 Å². The molecule has 0 aromatic carbocycles. The number of ether oxygens (including phenoxy) is 2. The fourth-order valence-corrected chi connectivity index (χ4v) is 1.32. The minimum absolute atomic E-state index is 0. The number of carbonyl (C=O) groups is 2. The number of nitrogens with one attached hydrogen (secondary N) is 1. The zero-order valence-corrected chi connectivity index (χ0v) is 15.5. The van der Waals surface area contributed by atoms with Crippen molar-refractivity contribution in [3.8, 4) is 0 Å². The third kappa shape index (κ3) is 13.1. The molecule has 0 aromatic heterocycles. The molecule has 2 aliphatic rings. The van der Waals surface area contributed by atoms with Gasteiger partial charge in [-0.15, -0.1) is 0 Å². The number of esters is 2. The van der Waals surface area contributed by atoms with Crippen LogP contribution in [0.3, 0.4) is 0 Å². The van der Waals surface area contributed by atoms with E-state index in [1.807, 2.05) is 0 Å². The summed E-state index contributed by atoms with van der Waals surface area (Å²) in [6, 6.07) is 0. The fourth-order valence-electron chi connectivity index (χ4n) is 1.32. The molecule has 0 amide bonds. The molecule has 2 rings (SSSR count). The van der Waals surface area contributed by atoms with Gasteiger partial charge in [0.2, 0.25) is 0 Å². The summed E-state index contributed by atoms with van der Waals surface area (Å²) in [5.41, 5.74) is 1.10. The smallest absolute Gasteiger partial charge is 0.515 e. The van der Waals surface area contributed by atoms with Gasteiger partial charge in [-0.2, -0.15) is 8.42 Å². The first kappa shape index (κ1) is 24.1. The second-order valence-corrected chi connectivity index (χ2v) is 4.73. The van der Waals surface area contributed by atoms with Gasteiger partial charge in [0.25, 0.3) is 0 Å². The van der Waals surface area contributed by atoms with Crippen molar-refractivity contribution in [2.45, 2.75) is 12.8 Å². The summed E-state index contributed by atoms with van der Waals surface area (Å²) in [4.78, 5) is 21.0. The summed E-state index contributed by atoms with van der Waals surface area (Å²) in [5.74, 6) is -0.586. The van der Waals surface area contributed by atoms with E-state index in [9.17, 15) is 9.59 Å². The predicted octanol–water partition coefficient (Wildman–Crippen LogP) is -3.24. The quantitative estimate of drug-likeness (QED) is 0.123. The molecule has 0 unspecified atom stereocenters. The van der Waals surface area contributed by atoms with Gasteiger partial charge in [-0.05, 0) is 0 Å². The summed E-state index contributed by atoms with van der Waals surface area (Å²) in [6.07, 6.45) is 3.75. The van der Waals surface area contributed by atoms with Gasteiger partial charge in [0, 0.05) is 26.1 Å². The van der Waals surface area contributed by atoms with Crippen LogP contribution in [0.1, 0.15) is 12.8 Å². The number of rotatable bonds is 1. The molecule has 0 saturated carbocycles. The first-order valence-corrected chi connectivity index (χ1v) is 7.32. The number of aliphatic hydroxyl groups is 1. The Kier molecular flexibility index (Phi) is 12.9. The third-order valence-corrected chi connectivity index (χ3v) is 2.21. The molecule has 12 heteroatoms. The van der Waals surface area contributed by atoms with E-state index in [2.05, 4.69) is 14.8 Å². The van der Waals surface area contributed by atoms with Gasteiger partial charge in [0.1, 0.15) is 0 Å². The van der Waals surface area contributed by atoms with Crippen molar-refractivity contribution in [3.63, 3.8) is 0 Å². The third-order valence-electron chi connectivity index (χ3n) is 2.21. The monoisotopic (exact) mass is 362 g/mol. The first-order chi connectivity index (χ1) is 10.2. The van der Waals surface area contributed by atoms with Crippen molar-refractivity contribution >= 4 is 22.3 Å². The zero-order chi connectivity index (χ0) is 17.2. The van der Waals surface area contributed by atoms with Crippen LogP contribution in [0.15, 0.2) is 23.6 Å². The largest absolute Gasteiger partial charge is 1.00 e. The Balaban J connectivity index is 0. The molecule has 10 nitrogen and oxygen atoms in total. The maximum Gasteiger partial charge on any atom is 1.00 e. The van der Waals surface area contributed by atoms with E-state index < -0.39 is 16.4 Å². The van der Waals surface area contributed by atoms with Crippen LogP contribution in [0, 0.1) is 0 Å². The second kappa shape index (κ2) is 12.3. The van der Waals surface area contributed by atoms with E-state index in [1.54, 1.807) is 13.2 Å². The van der Waals surface area contributed by atoms with Gasteiger partial charge >= 0.3 is 51.9 Å². The van der Waals surface area contributed by atoms with Crippen molar-refractivity contribution in [1.29, 1.82) is 0 Å². The van der Waals surface area contributed by atoms with Crippen LogP contribution >= 0.6 is 0 Å². The number of hydrogen-bond acceptors (Lipinski definition) is 8. The summed E-state index contributed by atoms with van der Waals surface area (Å²) in [6.45, 7) is 0.942. The normalized spacial score (nSPS) is 19.6. The van der Waals surface area contributed by atoms with Crippen molar-refractivity contribution in [1.82, 2.24) is 5.32 Å². The van der Waals surface area contributed by atoms with E-state index in [0.717, 1.165) is 18.3 Å². The predicted molar refractivity (Wildman–Crippen MR) is 73.2 cm³/mol. The topological polar surface area (TPSA) is 159 Å². The summed E-state index contributed by atoms with van der Waals surface area (Å²) in [5, 5.41) is 11.1. The first-order valence-electron chi connectivity index (χ1n) is 5.92. The van der Waals surface area contributed by atoms with Gasteiger partial charge in [0.05, 0.1) is 30.6 Å². The molecule has 2 fully saturated rings. The summed E-state index contributed by atoms with van der Waals surface area (Å²) >= 11 is 0. The number of aliphatic hydroxyl groups excluding tert-OH is 1. The van der Waals surface area contributed by atoms with Crippen LogP contribution in [-0.4, -0.2) is 54.8 Å². The van der Waals surface area contributed by atoms with Crippen molar-refractivity contribution in [3.05, 3.63) is 23.6 Å². The Morgan fingerprint density at radius 2 is 1.43 bits per heavy atom. The minimum atomic E-state index is -4.67. The average molecular weight is 362 g/mol. The molecule has 2 aliphatic heterocycles. The van der Waals surface area contributed by atoms with Crippen LogP contribution < -0.4 is 34.9 Å². The number of carbonyl (C=O) groups excluding carboxylic acids is 2. The maximum atomic E-state index is 10.6. The van der Waals surface area contributed by atoms with Crippen LogP contribution in [0.5, 0.6) is 0 Å². The molecule has 0 radical (unpaired) electrons. The Bertz CT molecular complexity index is 548. The second-order valence-electron chi connectivity index (χ2n) is 3.83. The van der Waals surface area contributed by atoms with Crippen LogP contribution in [-0.2, 0) is 29.5 Å². The van der Waals surface area contributed by atoms with E-state index in [-0.39, 0.29) is 35.5 Å². The Labute approximate surface area is 155 Å². The molecule has 0 aromatic rings. The molecule has 2 saturated heterocycles. The minimum Gasteiger partial charge on any atom is -0.515 e. The Morgan fingerprint density at radius 1 is 1.04 bits per heavy atom. The van der Waals surface area contributed by atoms with Crippen LogP contribution in [0.25, 0.3) is 0 Å². The van der Waals surface area contributed by atoms with Crippen molar-refractivity contribution in [2.24, 2.45) is 0 Å². The molecular weight excluding hydrogens is 345 g/mol. The fraction of sp³-hybridized carbons (Fsp3) is 0.455. The molecule has 0 atom stereocenters. The molecule has 4 N–H and O–H groups in total. The molecule has 0 spiro atoms. The Morgan fingerprint density at radius 3 is 1.65 bits per heavy atom. The van der Waals surface area contributed by atoms with E-state index in [4.69, 9.17) is 22.6 Å². The van der Waals surface area contributed by atoms with Gasteiger partial charge in [-0.25, -0.2) is 9.59 Å². The number of cyclic esters (lactones) is 2. The van der Waals surface area contributed by atoms with Gasteiger partial charge in [-0.3, -0.25) is 9.11 Å². The van der Waals surface area contributed by atoms with E-state index >= 15 is 0 Å². The Hall–Kier alpha value is -1.11. The molecule has 126 valence electrons. The zero-order valence-electron chi connectivity index (χ0n) is 12.7. The molecule has 0 bridgehead atoms. The number of hydrogen-bond donors (Lipinski definition) is 4. The van der Waals surface area contributed by atoms with Crippen molar-refractivity contribution < 1.29 is 71.2 Å². The average Bonchev–Trinajstić information content (AvgIpc) is 2.98.